The van der Waals surface area contributed by atoms with Gasteiger partial charge in [0.05, 0.1) is 16.6 Å². The van der Waals surface area contributed by atoms with Gasteiger partial charge < -0.3 is 0 Å². The molecule has 236 valence electrons. The highest BCUT2D eigenvalue weighted by atomic mass is 14.9. The van der Waals surface area contributed by atoms with Crippen molar-refractivity contribution >= 4 is 10.9 Å². The number of nitrogens with zero attached hydrogens (tertiary/aromatic N) is 2. The highest BCUT2D eigenvalue weighted by Crippen LogP contribution is 2.63. The van der Waals surface area contributed by atoms with Crippen LogP contribution < -0.4 is 0 Å². The van der Waals surface area contributed by atoms with E-state index in [0.29, 0.717) is 0 Å². The van der Waals surface area contributed by atoms with Gasteiger partial charge in [-0.2, -0.15) is 0 Å². The van der Waals surface area contributed by atoms with Crippen LogP contribution in [-0.2, 0) is 10.8 Å². The first-order chi connectivity index (χ1) is 24.6. The fourth-order valence-corrected chi connectivity index (χ4v) is 8.96. The largest absolute Gasteiger partial charge is 0.228 e. The number of hydrogen-bond acceptors (Lipinski definition) is 2. The second-order valence-electron chi connectivity index (χ2n) is 14.1. The number of hydrogen-bond donors (Lipinski definition) is 0. The van der Waals surface area contributed by atoms with Gasteiger partial charge in [-0.25, -0.2) is 9.97 Å². The summed E-state index contributed by atoms with van der Waals surface area (Å²) in [4.78, 5) is 10.7. The maximum atomic E-state index is 5.43. The maximum absolute atomic E-state index is 5.43. The minimum absolute atomic E-state index is 0.139. The summed E-state index contributed by atoms with van der Waals surface area (Å²) in [7, 11) is 0. The number of para-hydroxylation sites is 1. The quantitative estimate of drug-likeness (QED) is 0.192. The Morgan fingerprint density at radius 1 is 0.380 bits per heavy atom. The molecule has 7 aromatic carbocycles. The molecule has 0 amide bonds. The van der Waals surface area contributed by atoms with Crippen LogP contribution in [0, 0.1) is 0 Å². The molecule has 1 spiro atoms. The Hall–Kier alpha value is -6.12. The van der Waals surface area contributed by atoms with Crippen molar-refractivity contribution in [1.29, 1.82) is 0 Å². The van der Waals surface area contributed by atoms with E-state index in [1.807, 2.05) is 0 Å². The molecule has 0 atom stereocenters. The van der Waals surface area contributed by atoms with E-state index in [1.165, 1.54) is 55.6 Å². The Kier molecular flexibility index (Phi) is 6.17. The van der Waals surface area contributed by atoms with E-state index in [-0.39, 0.29) is 5.41 Å². The molecule has 2 aliphatic rings. The summed E-state index contributed by atoms with van der Waals surface area (Å²) in [5.41, 5.74) is 16.3. The van der Waals surface area contributed by atoms with Crippen molar-refractivity contribution in [1.82, 2.24) is 9.97 Å². The first-order valence-corrected chi connectivity index (χ1v) is 17.4. The van der Waals surface area contributed by atoms with E-state index in [1.54, 1.807) is 0 Å². The first-order valence-electron chi connectivity index (χ1n) is 17.4. The second-order valence-corrected chi connectivity index (χ2v) is 14.1. The predicted molar refractivity (Wildman–Crippen MR) is 205 cm³/mol. The summed E-state index contributed by atoms with van der Waals surface area (Å²) >= 11 is 0. The lowest BCUT2D eigenvalue weighted by Crippen LogP contribution is -2.40. The van der Waals surface area contributed by atoms with Gasteiger partial charge in [0.25, 0.3) is 0 Å². The number of fused-ring (bicyclic) bond motifs is 10. The molecular weight excluding hydrogens is 605 g/mol. The van der Waals surface area contributed by atoms with E-state index in [4.69, 9.17) is 9.97 Å². The minimum Gasteiger partial charge on any atom is -0.228 e. The molecule has 0 saturated heterocycles. The number of rotatable bonds is 3. The molecule has 10 rings (SSSR count). The molecule has 8 aromatic rings. The van der Waals surface area contributed by atoms with E-state index >= 15 is 0 Å². The summed E-state index contributed by atoms with van der Waals surface area (Å²) < 4.78 is 0. The molecule has 0 radical (unpaired) electrons. The second kappa shape index (κ2) is 10.7. The molecule has 0 fully saturated rings. The van der Waals surface area contributed by atoms with Crippen molar-refractivity contribution in [2.45, 2.75) is 24.7 Å². The van der Waals surface area contributed by atoms with Gasteiger partial charge in [0.1, 0.15) is 0 Å². The molecule has 2 aliphatic carbocycles. The maximum Gasteiger partial charge on any atom is 0.161 e. The summed E-state index contributed by atoms with van der Waals surface area (Å²) in [5, 5.41) is 1.05. The Morgan fingerprint density at radius 2 is 0.900 bits per heavy atom. The van der Waals surface area contributed by atoms with Gasteiger partial charge in [0.15, 0.2) is 5.82 Å². The van der Waals surface area contributed by atoms with E-state index < -0.39 is 5.41 Å². The zero-order chi connectivity index (χ0) is 33.5. The molecule has 0 unspecified atom stereocenters. The fraction of sp³-hybridized carbons (Fsp3) is 0.0833. The van der Waals surface area contributed by atoms with Crippen LogP contribution in [0.1, 0.15) is 47.2 Å². The Balaban J connectivity index is 1.24. The topological polar surface area (TPSA) is 25.8 Å². The molecule has 0 bridgehead atoms. The van der Waals surface area contributed by atoms with Gasteiger partial charge in [-0.05, 0) is 61.7 Å². The first kappa shape index (κ1) is 28.9. The van der Waals surface area contributed by atoms with Crippen LogP contribution in [0.25, 0.3) is 55.8 Å². The molecule has 1 aromatic heterocycles. The number of benzene rings is 7. The lowest BCUT2D eigenvalue weighted by Gasteiger charge is -2.46. The summed E-state index contributed by atoms with van der Waals surface area (Å²) in [5.74, 6) is 0.743. The minimum atomic E-state index is -0.461. The van der Waals surface area contributed by atoms with Gasteiger partial charge in [-0.15, -0.1) is 0 Å². The van der Waals surface area contributed by atoms with Crippen molar-refractivity contribution in [3.05, 3.63) is 203 Å². The lowest BCUT2D eigenvalue weighted by molar-refractivity contribution is 0.563. The van der Waals surface area contributed by atoms with Crippen LogP contribution in [0.2, 0.25) is 0 Å². The van der Waals surface area contributed by atoms with Crippen molar-refractivity contribution in [2.24, 2.45) is 0 Å². The molecule has 0 N–H and O–H groups in total. The highest BCUT2D eigenvalue weighted by molar-refractivity contribution is 5.98. The van der Waals surface area contributed by atoms with Crippen molar-refractivity contribution in [3.63, 3.8) is 0 Å². The zero-order valence-electron chi connectivity index (χ0n) is 28.1. The van der Waals surface area contributed by atoms with Crippen LogP contribution in [0.3, 0.4) is 0 Å². The molecule has 2 heteroatoms. The summed E-state index contributed by atoms with van der Waals surface area (Å²) in [6.45, 7) is 4.74. The average molecular weight is 639 g/mol. The molecule has 50 heavy (non-hydrogen) atoms. The lowest BCUT2D eigenvalue weighted by atomic mass is 9.55. The third-order valence-electron chi connectivity index (χ3n) is 11.2. The normalized spacial score (nSPS) is 14.5. The molecule has 1 heterocycles. The Labute approximate surface area is 292 Å². The fourth-order valence-electron chi connectivity index (χ4n) is 8.96. The van der Waals surface area contributed by atoms with Crippen molar-refractivity contribution in [3.8, 4) is 44.9 Å². The average Bonchev–Trinajstić information content (AvgIpc) is 3.48. The summed E-state index contributed by atoms with van der Waals surface area (Å²) in [6, 6.07) is 61.6. The van der Waals surface area contributed by atoms with Gasteiger partial charge >= 0.3 is 0 Å². The standard InChI is InChI=1S/C48H34N2/c1-47(2)38-21-9-11-23-40(38)48(41-24-12-10-22-39(41)47)37-20-8-6-17-34(37)44-36(19-14-25-42(44)48)46-49-43-26-13-7-18-35(43)45(50-46)33-29-27-32(28-30-33)31-15-4-3-5-16-31/h3-30H,1-2H3. The third-order valence-corrected chi connectivity index (χ3v) is 11.2. The number of aromatic nitrogens is 2. The molecule has 0 saturated carbocycles. The van der Waals surface area contributed by atoms with E-state index in [9.17, 15) is 0 Å². The molecule has 0 aliphatic heterocycles. The van der Waals surface area contributed by atoms with Gasteiger partial charge in [0, 0.05) is 21.9 Å². The van der Waals surface area contributed by atoms with Crippen LogP contribution in [-0.4, -0.2) is 9.97 Å². The van der Waals surface area contributed by atoms with E-state index in [2.05, 4.69) is 184 Å². The predicted octanol–water partition coefficient (Wildman–Crippen LogP) is 11.6. The smallest absolute Gasteiger partial charge is 0.161 e. The van der Waals surface area contributed by atoms with Crippen LogP contribution in [0.4, 0.5) is 0 Å². The zero-order valence-corrected chi connectivity index (χ0v) is 28.1. The Morgan fingerprint density at radius 3 is 1.62 bits per heavy atom. The highest BCUT2D eigenvalue weighted by Gasteiger charge is 2.53. The molecule has 2 nitrogen and oxygen atoms in total. The monoisotopic (exact) mass is 638 g/mol. The van der Waals surface area contributed by atoms with Crippen molar-refractivity contribution < 1.29 is 0 Å². The van der Waals surface area contributed by atoms with Gasteiger partial charge in [-0.3, -0.25) is 0 Å². The Bertz CT molecular complexity index is 2560. The summed E-state index contributed by atoms with van der Waals surface area (Å²) in [6.07, 6.45) is 0. The van der Waals surface area contributed by atoms with Crippen LogP contribution in [0.15, 0.2) is 170 Å². The molecular formula is C48H34N2. The van der Waals surface area contributed by atoms with Crippen LogP contribution >= 0.6 is 0 Å². The van der Waals surface area contributed by atoms with Gasteiger partial charge in [-0.1, -0.05) is 178 Å². The SMILES string of the molecule is CC1(C)c2ccccc2C2(c3ccccc3-c3c(-c4nc(-c5ccc(-c6ccccc6)cc5)c5ccccc5n4)cccc32)c2ccccc21. The van der Waals surface area contributed by atoms with Crippen molar-refractivity contribution in [2.75, 3.05) is 0 Å². The third kappa shape index (κ3) is 3.90. The van der Waals surface area contributed by atoms with Gasteiger partial charge in [0.2, 0.25) is 0 Å². The van der Waals surface area contributed by atoms with Crippen LogP contribution in [0.5, 0.6) is 0 Å². The van der Waals surface area contributed by atoms with E-state index in [0.717, 1.165) is 33.5 Å².